The number of rotatable bonds is 2. The second-order valence-corrected chi connectivity index (χ2v) is 5.18. The van der Waals surface area contributed by atoms with Gasteiger partial charge in [0.05, 0.1) is 5.02 Å². The summed E-state index contributed by atoms with van der Waals surface area (Å²) in [5, 5.41) is 0.530. The Morgan fingerprint density at radius 1 is 1.22 bits per heavy atom. The molecule has 0 aromatic heterocycles. The van der Waals surface area contributed by atoms with Gasteiger partial charge in [0.2, 0.25) is 0 Å². The van der Waals surface area contributed by atoms with E-state index < -0.39 is 5.82 Å². The number of hydrogen-bond acceptors (Lipinski definition) is 1. The smallest absolute Gasteiger partial charge is 0.193 e. The highest BCUT2D eigenvalue weighted by molar-refractivity contribution is 9.10. The van der Waals surface area contributed by atoms with Gasteiger partial charge in [-0.2, -0.15) is 0 Å². The monoisotopic (exact) mass is 326 g/mol. The van der Waals surface area contributed by atoms with Gasteiger partial charge in [-0.25, -0.2) is 4.39 Å². The molecule has 0 radical (unpaired) electrons. The maximum atomic E-state index is 13.2. The molecule has 0 saturated carbocycles. The summed E-state index contributed by atoms with van der Waals surface area (Å²) in [6, 6.07) is 9.07. The van der Waals surface area contributed by atoms with Crippen LogP contribution >= 0.6 is 27.5 Å². The lowest BCUT2D eigenvalue weighted by molar-refractivity contribution is 0.103. The van der Waals surface area contributed by atoms with E-state index in [9.17, 15) is 9.18 Å². The third kappa shape index (κ3) is 2.62. The van der Waals surface area contributed by atoms with E-state index in [2.05, 4.69) is 15.9 Å². The highest BCUT2D eigenvalue weighted by Gasteiger charge is 2.13. The Kier molecular flexibility index (Phi) is 3.83. The van der Waals surface area contributed by atoms with Gasteiger partial charge in [0.25, 0.3) is 0 Å². The molecule has 2 aromatic carbocycles. The molecule has 1 nitrogen and oxygen atoms in total. The van der Waals surface area contributed by atoms with Gasteiger partial charge in [0.1, 0.15) is 5.82 Å². The molecule has 18 heavy (non-hydrogen) atoms. The van der Waals surface area contributed by atoms with Crippen LogP contribution in [0.5, 0.6) is 0 Å². The minimum absolute atomic E-state index is 0.218. The van der Waals surface area contributed by atoms with Crippen molar-refractivity contribution in [2.45, 2.75) is 6.92 Å². The lowest BCUT2D eigenvalue weighted by atomic mass is 9.99. The third-order valence-electron chi connectivity index (χ3n) is 2.63. The first-order chi connectivity index (χ1) is 8.49. The van der Waals surface area contributed by atoms with Crippen molar-refractivity contribution in [3.8, 4) is 0 Å². The van der Waals surface area contributed by atoms with Crippen LogP contribution in [0.15, 0.2) is 40.9 Å². The van der Waals surface area contributed by atoms with Crippen LogP contribution in [-0.2, 0) is 0 Å². The molecule has 0 heterocycles. The molecule has 0 amide bonds. The molecular formula is C14H9BrClFO. The minimum atomic E-state index is -0.419. The molecule has 2 aromatic rings. The fourth-order valence-electron chi connectivity index (χ4n) is 1.63. The van der Waals surface area contributed by atoms with Gasteiger partial charge in [-0.05, 0) is 58.7 Å². The molecule has 0 atom stereocenters. The van der Waals surface area contributed by atoms with Crippen LogP contribution in [0.3, 0.4) is 0 Å². The highest BCUT2D eigenvalue weighted by Crippen LogP contribution is 2.25. The van der Waals surface area contributed by atoms with E-state index in [1.54, 1.807) is 31.2 Å². The summed E-state index contributed by atoms with van der Waals surface area (Å²) in [5.41, 5.74) is 1.58. The van der Waals surface area contributed by atoms with Crippen molar-refractivity contribution < 1.29 is 9.18 Å². The third-order valence-corrected chi connectivity index (χ3v) is 3.84. The van der Waals surface area contributed by atoms with E-state index in [0.29, 0.717) is 20.6 Å². The largest absolute Gasteiger partial charge is 0.289 e. The maximum Gasteiger partial charge on any atom is 0.193 e. The molecule has 2 rings (SSSR count). The molecule has 0 fully saturated rings. The number of halogens is 3. The molecular weight excluding hydrogens is 319 g/mol. The number of carbonyl (C=O) groups is 1. The summed E-state index contributed by atoms with van der Waals surface area (Å²) >= 11 is 9.13. The van der Waals surface area contributed by atoms with Crippen molar-refractivity contribution >= 4 is 33.3 Å². The van der Waals surface area contributed by atoms with E-state index in [1.165, 1.54) is 12.1 Å². The molecule has 4 heteroatoms. The summed E-state index contributed by atoms with van der Waals surface area (Å²) in [6.07, 6.45) is 0. The number of benzene rings is 2. The molecule has 0 bridgehead atoms. The number of aryl methyl sites for hydroxylation is 1. The number of carbonyl (C=O) groups excluding carboxylic acids is 1. The summed E-state index contributed by atoms with van der Waals surface area (Å²) in [7, 11) is 0. The van der Waals surface area contributed by atoms with Crippen LogP contribution in [-0.4, -0.2) is 5.78 Å². The average molecular weight is 328 g/mol. The Bertz CT molecular complexity index is 625. The van der Waals surface area contributed by atoms with E-state index in [-0.39, 0.29) is 5.78 Å². The van der Waals surface area contributed by atoms with E-state index >= 15 is 0 Å². The van der Waals surface area contributed by atoms with Crippen LogP contribution in [0.25, 0.3) is 0 Å². The van der Waals surface area contributed by atoms with Crippen molar-refractivity contribution in [1.29, 1.82) is 0 Å². The van der Waals surface area contributed by atoms with Gasteiger partial charge < -0.3 is 0 Å². The lowest BCUT2D eigenvalue weighted by Crippen LogP contribution is -2.04. The molecule has 0 saturated heterocycles. The van der Waals surface area contributed by atoms with E-state index in [4.69, 9.17) is 11.6 Å². The van der Waals surface area contributed by atoms with Crippen molar-refractivity contribution in [1.82, 2.24) is 0 Å². The Morgan fingerprint density at radius 2 is 1.94 bits per heavy atom. The van der Waals surface area contributed by atoms with Crippen molar-refractivity contribution in [3.05, 3.63) is 68.4 Å². The summed E-state index contributed by atoms with van der Waals surface area (Å²) in [4.78, 5) is 12.3. The fourth-order valence-corrected chi connectivity index (χ4v) is 2.13. The molecule has 0 aliphatic carbocycles. The Labute approximate surface area is 118 Å². The van der Waals surface area contributed by atoms with Crippen LogP contribution in [0, 0.1) is 12.7 Å². The SMILES string of the molecule is Cc1ccc(F)cc1C(=O)c1ccc(Cl)c(Br)c1. The highest BCUT2D eigenvalue weighted by atomic mass is 79.9. The topological polar surface area (TPSA) is 17.1 Å². The standard InChI is InChI=1S/C14H9BrClFO/c1-8-2-4-10(17)7-11(8)14(18)9-3-5-13(16)12(15)6-9/h2-7H,1H3. The van der Waals surface area contributed by atoms with Crippen LogP contribution in [0.4, 0.5) is 4.39 Å². The molecule has 0 aliphatic rings. The molecule has 0 unspecified atom stereocenters. The van der Waals surface area contributed by atoms with Crippen molar-refractivity contribution in [2.75, 3.05) is 0 Å². The zero-order chi connectivity index (χ0) is 13.3. The Hall–Kier alpha value is -1.19. The fraction of sp³-hybridized carbons (Fsp3) is 0.0714. The summed E-state index contributed by atoms with van der Waals surface area (Å²) in [5.74, 6) is -0.638. The lowest BCUT2D eigenvalue weighted by Gasteiger charge is -2.06. The first-order valence-electron chi connectivity index (χ1n) is 5.25. The minimum Gasteiger partial charge on any atom is -0.289 e. The normalized spacial score (nSPS) is 10.4. The molecule has 0 spiro atoms. The van der Waals surface area contributed by atoms with Crippen LogP contribution < -0.4 is 0 Å². The second kappa shape index (κ2) is 5.21. The number of hydrogen-bond donors (Lipinski definition) is 0. The van der Waals surface area contributed by atoms with Gasteiger partial charge >= 0.3 is 0 Å². The average Bonchev–Trinajstić information content (AvgIpc) is 2.35. The van der Waals surface area contributed by atoms with Gasteiger partial charge in [-0.15, -0.1) is 0 Å². The van der Waals surface area contributed by atoms with E-state index in [1.807, 2.05) is 0 Å². The van der Waals surface area contributed by atoms with Crippen molar-refractivity contribution in [2.24, 2.45) is 0 Å². The first-order valence-corrected chi connectivity index (χ1v) is 6.42. The Balaban J connectivity index is 2.47. The zero-order valence-corrected chi connectivity index (χ0v) is 11.8. The maximum absolute atomic E-state index is 13.2. The van der Waals surface area contributed by atoms with Gasteiger partial charge in [-0.3, -0.25) is 4.79 Å². The summed E-state index contributed by atoms with van der Waals surface area (Å²) in [6.45, 7) is 1.78. The predicted molar refractivity (Wildman–Crippen MR) is 73.7 cm³/mol. The van der Waals surface area contributed by atoms with Gasteiger partial charge in [-0.1, -0.05) is 17.7 Å². The predicted octanol–water partition coefficient (Wildman–Crippen LogP) is 4.78. The first kappa shape index (κ1) is 13.2. The molecule has 92 valence electrons. The van der Waals surface area contributed by atoms with Crippen molar-refractivity contribution in [3.63, 3.8) is 0 Å². The van der Waals surface area contributed by atoms with Gasteiger partial charge in [0.15, 0.2) is 5.78 Å². The van der Waals surface area contributed by atoms with Gasteiger partial charge in [0, 0.05) is 15.6 Å². The second-order valence-electron chi connectivity index (χ2n) is 3.92. The Morgan fingerprint density at radius 3 is 2.61 bits per heavy atom. The molecule has 0 N–H and O–H groups in total. The zero-order valence-electron chi connectivity index (χ0n) is 9.51. The van der Waals surface area contributed by atoms with Crippen LogP contribution in [0.1, 0.15) is 21.5 Å². The quantitative estimate of drug-likeness (QED) is 0.725. The van der Waals surface area contributed by atoms with E-state index in [0.717, 1.165) is 5.56 Å². The molecule has 0 aliphatic heterocycles. The summed E-state index contributed by atoms with van der Waals surface area (Å²) < 4.78 is 13.8. The number of ketones is 1. The van der Waals surface area contributed by atoms with Crippen LogP contribution in [0.2, 0.25) is 5.02 Å².